The number of carbonyl (C=O) groups is 1. The van der Waals surface area contributed by atoms with Crippen molar-refractivity contribution < 1.29 is 4.79 Å². The molecule has 9 heteroatoms. The maximum absolute atomic E-state index is 12.6. The quantitative estimate of drug-likeness (QED) is 0.433. The molecule has 5 rings (SSSR count). The lowest BCUT2D eigenvalue weighted by Gasteiger charge is -2.11. The monoisotopic (exact) mass is 459 g/mol. The van der Waals surface area contributed by atoms with Crippen LogP contribution >= 0.6 is 11.6 Å². The molecular formula is C24H22ClN7O. The van der Waals surface area contributed by atoms with Gasteiger partial charge < -0.3 is 5.32 Å². The Bertz CT molecular complexity index is 1340. The van der Waals surface area contributed by atoms with Gasteiger partial charge in [-0.05, 0) is 42.2 Å². The lowest BCUT2D eigenvalue weighted by Crippen LogP contribution is -2.21. The fourth-order valence-corrected chi connectivity index (χ4v) is 3.92. The molecule has 8 nitrogen and oxygen atoms in total. The summed E-state index contributed by atoms with van der Waals surface area (Å²) in [7, 11) is 1.88. The van der Waals surface area contributed by atoms with Gasteiger partial charge in [-0.25, -0.2) is 4.99 Å². The van der Waals surface area contributed by atoms with Crippen LogP contribution in [-0.2, 0) is 20.0 Å². The topological polar surface area (TPSA) is 90.0 Å². The van der Waals surface area contributed by atoms with Crippen molar-refractivity contribution in [1.82, 2.24) is 24.5 Å². The van der Waals surface area contributed by atoms with Crippen LogP contribution in [0.4, 0.5) is 11.9 Å². The van der Waals surface area contributed by atoms with E-state index in [1.54, 1.807) is 4.68 Å². The van der Waals surface area contributed by atoms with Gasteiger partial charge in [0, 0.05) is 36.1 Å². The van der Waals surface area contributed by atoms with Gasteiger partial charge in [0.25, 0.3) is 11.9 Å². The van der Waals surface area contributed by atoms with E-state index >= 15 is 0 Å². The summed E-state index contributed by atoms with van der Waals surface area (Å²) >= 11 is 6.40. The molecule has 1 aliphatic rings. The first-order chi connectivity index (χ1) is 16.0. The number of hydrogen-bond acceptors (Lipinski definition) is 6. The molecule has 0 aliphatic carbocycles. The van der Waals surface area contributed by atoms with Gasteiger partial charge in [0.1, 0.15) is 0 Å². The highest BCUT2D eigenvalue weighted by Crippen LogP contribution is 2.26. The van der Waals surface area contributed by atoms with Crippen LogP contribution in [0.25, 0.3) is 11.3 Å². The number of aromatic nitrogens is 5. The molecule has 0 amide bonds. The number of nitrogens with one attached hydrogen (secondary N) is 1. The summed E-state index contributed by atoms with van der Waals surface area (Å²) in [6.45, 7) is 0.404. The molecule has 0 fully saturated rings. The molecular weight excluding hydrogens is 438 g/mol. The third kappa shape index (κ3) is 4.70. The average molecular weight is 460 g/mol. The van der Waals surface area contributed by atoms with E-state index in [9.17, 15) is 4.79 Å². The molecule has 0 bridgehead atoms. The number of fused-ring (bicyclic) bond motifs is 1. The Hall–Kier alpha value is -3.78. The van der Waals surface area contributed by atoms with Crippen molar-refractivity contribution in [2.45, 2.75) is 25.8 Å². The Balaban J connectivity index is 1.29. The Kier molecular flexibility index (Phi) is 5.75. The molecule has 3 heterocycles. The number of nitrogens with zero attached hydrogens (tertiary/aromatic N) is 6. The highest BCUT2D eigenvalue weighted by molar-refractivity contribution is 6.31. The molecule has 0 unspecified atom stereocenters. The molecule has 1 N–H and O–H groups in total. The minimum atomic E-state index is -0.126. The molecule has 0 spiro atoms. The largest absolute Gasteiger partial charge is 0.349 e. The first-order valence-corrected chi connectivity index (χ1v) is 11.1. The minimum Gasteiger partial charge on any atom is -0.349 e. The van der Waals surface area contributed by atoms with Crippen LogP contribution in [0, 0.1) is 0 Å². The number of carbonyl (C=O) groups excluding carboxylic acids is 1. The van der Waals surface area contributed by atoms with Crippen molar-refractivity contribution in [1.29, 1.82) is 0 Å². The highest BCUT2D eigenvalue weighted by Gasteiger charge is 2.23. The molecule has 2 aromatic heterocycles. The smallest absolute Gasteiger partial charge is 0.257 e. The Morgan fingerprint density at radius 3 is 2.70 bits per heavy atom. The molecule has 0 radical (unpaired) electrons. The number of hydrogen-bond donors (Lipinski definition) is 1. The third-order valence-electron chi connectivity index (χ3n) is 5.48. The standard InChI is InChI=1S/C24H22ClN7O/c1-31-12-11-21(29-31)17-8-10-20(25)18(13-17)15-26-23-28-24-27-19(14-22(33)32(24)30-23)9-7-16-5-3-2-4-6-16/h2-6,8,10-13H,7,9,14-15H2,1H3,(H,26,30). The second kappa shape index (κ2) is 8.99. The van der Waals surface area contributed by atoms with Crippen LogP contribution in [0.1, 0.15) is 28.8 Å². The van der Waals surface area contributed by atoms with Crippen LogP contribution in [0.3, 0.4) is 0 Å². The summed E-state index contributed by atoms with van der Waals surface area (Å²) in [6, 6.07) is 17.9. The Labute approximate surface area is 195 Å². The second-order valence-corrected chi connectivity index (χ2v) is 8.32. The van der Waals surface area contributed by atoms with E-state index in [-0.39, 0.29) is 12.3 Å². The summed E-state index contributed by atoms with van der Waals surface area (Å²) in [4.78, 5) is 21.6. The predicted octanol–water partition coefficient (Wildman–Crippen LogP) is 4.69. The molecule has 0 saturated heterocycles. The summed E-state index contributed by atoms with van der Waals surface area (Å²) in [5.74, 6) is 0.523. The Morgan fingerprint density at radius 2 is 1.91 bits per heavy atom. The first kappa shape index (κ1) is 21.1. The van der Waals surface area contributed by atoms with E-state index in [0.717, 1.165) is 29.0 Å². The molecule has 1 aliphatic heterocycles. The highest BCUT2D eigenvalue weighted by atomic mass is 35.5. The second-order valence-electron chi connectivity index (χ2n) is 7.92. The van der Waals surface area contributed by atoms with Crippen LogP contribution in [0.15, 0.2) is 65.8 Å². The van der Waals surface area contributed by atoms with Crippen molar-refractivity contribution in [3.63, 3.8) is 0 Å². The minimum absolute atomic E-state index is 0.126. The predicted molar refractivity (Wildman–Crippen MR) is 128 cm³/mol. The van der Waals surface area contributed by atoms with Crippen molar-refractivity contribution in [3.8, 4) is 11.3 Å². The fraction of sp³-hybridized carbons (Fsp3) is 0.208. The summed E-state index contributed by atoms with van der Waals surface area (Å²) in [5, 5.41) is 12.5. The lowest BCUT2D eigenvalue weighted by atomic mass is 10.0. The van der Waals surface area contributed by atoms with Gasteiger partial charge in [-0.2, -0.15) is 14.8 Å². The SMILES string of the molecule is Cn1ccc(-c2ccc(Cl)c(CNc3nc4n(n3)C(=O)CC(CCc3ccccc3)=N4)c2)n1. The first-order valence-electron chi connectivity index (χ1n) is 10.7. The molecule has 0 saturated carbocycles. The van der Waals surface area contributed by atoms with E-state index in [4.69, 9.17) is 11.6 Å². The molecule has 166 valence electrons. The van der Waals surface area contributed by atoms with Crippen LogP contribution in [-0.4, -0.2) is 36.2 Å². The Morgan fingerprint density at radius 1 is 1.06 bits per heavy atom. The zero-order valence-corrected chi connectivity index (χ0v) is 18.8. The van der Waals surface area contributed by atoms with Crippen molar-refractivity contribution in [2.75, 3.05) is 5.32 Å². The van der Waals surface area contributed by atoms with Gasteiger partial charge in [-0.1, -0.05) is 48.0 Å². The van der Waals surface area contributed by atoms with Crippen molar-refractivity contribution in [2.24, 2.45) is 12.0 Å². The summed E-state index contributed by atoms with van der Waals surface area (Å²) < 4.78 is 3.02. The van der Waals surface area contributed by atoms with Crippen LogP contribution in [0.5, 0.6) is 0 Å². The van der Waals surface area contributed by atoms with Crippen LogP contribution < -0.4 is 5.32 Å². The lowest BCUT2D eigenvalue weighted by molar-refractivity contribution is 0.0905. The van der Waals surface area contributed by atoms with E-state index in [2.05, 4.69) is 37.6 Å². The molecule has 4 aromatic rings. The average Bonchev–Trinajstić information content (AvgIpc) is 3.44. The number of benzene rings is 2. The van der Waals surface area contributed by atoms with E-state index in [1.165, 1.54) is 10.2 Å². The maximum atomic E-state index is 12.6. The molecule has 33 heavy (non-hydrogen) atoms. The number of halogens is 1. The van der Waals surface area contributed by atoms with Crippen molar-refractivity contribution in [3.05, 3.63) is 76.9 Å². The van der Waals surface area contributed by atoms with Gasteiger partial charge in [0.2, 0.25) is 5.95 Å². The summed E-state index contributed by atoms with van der Waals surface area (Å²) in [6.07, 6.45) is 3.69. The van der Waals surface area contributed by atoms with Gasteiger partial charge in [-0.3, -0.25) is 9.48 Å². The number of aliphatic imine (C=N–C) groups is 1. The van der Waals surface area contributed by atoms with Gasteiger partial charge in [0.05, 0.1) is 12.1 Å². The van der Waals surface area contributed by atoms with Crippen molar-refractivity contribution >= 4 is 35.1 Å². The zero-order valence-electron chi connectivity index (χ0n) is 18.1. The number of anilines is 1. The molecule has 2 aromatic carbocycles. The summed E-state index contributed by atoms with van der Waals surface area (Å²) in [5.41, 5.74) is 4.75. The molecule has 0 atom stereocenters. The van der Waals surface area contributed by atoms with Crippen LogP contribution in [0.2, 0.25) is 5.02 Å². The third-order valence-corrected chi connectivity index (χ3v) is 5.85. The fourth-order valence-electron chi connectivity index (χ4n) is 3.74. The normalized spacial score (nSPS) is 13.0. The maximum Gasteiger partial charge on any atom is 0.257 e. The number of rotatable bonds is 7. The number of aryl methyl sites for hydroxylation is 2. The van der Waals surface area contributed by atoms with Gasteiger partial charge >= 0.3 is 0 Å². The van der Waals surface area contributed by atoms with Gasteiger partial charge in [-0.15, -0.1) is 5.10 Å². The zero-order chi connectivity index (χ0) is 22.8. The van der Waals surface area contributed by atoms with E-state index in [1.807, 2.05) is 55.7 Å². The van der Waals surface area contributed by atoms with E-state index in [0.29, 0.717) is 29.9 Å². The van der Waals surface area contributed by atoms with Gasteiger partial charge in [0.15, 0.2) is 0 Å². The van der Waals surface area contributed by atoms with E-state index < -0.39 is 0 Å².